The molecular formula is C10H7ClN2O2S. The molecule has 0 radical (unpaired) electrons. The molecule has 0 atom stereocenters. The first-order chi connectivity index (χ1) is 7.65. The van der Waals surface area contributed by atoms with Gasteiger partial charge in [-0.25, -0.2) is 9.78 Å². The van der Waals surface area contributed by atoms with Crippen LogP contribution in [0.2, 0.25) is 5.15 Å². The summed E-state index contributed by atoms with van der Waals surface area (Å²) in [7, 11) is 0. The number of nitrogens with one attached hydrogen (secondary N) is 1. The van der Waals surface area contributed by atoms with Gasteiger partial charge in [-0.1, -0.05) is 17.7 Å². The molecule has 0 bridgehead atoms. The molecule has 1 aromatic heterocycles. The van der Waals surface area contributed by atoms with Crippen molar-refractivity contribution in [2.75, 3.05) is 5.32 Å². The summed E-state index contributed by atoms with van der Waals surface area (Å²) >= 11 is 7.03. The third-order valence-electron chi connectivity index (χ3n) is 1.84. The second-order valence-electron chi connectivity index (χ2n) is 2.99. The van der Waals surface area contributed by atoms with Crippen LogP contribution in [-0.4, -0.2) is 16.1 Å². The molecule has 0 unspecified atom stereocenters. The average Bonchev–Trinajstić information content (AvgIpc) is 2.64. The van der Waals surface area contributed by atoms with Crippen molar-refractivity contribution < 1.29 is 9.90 Å². The van der Waals surface area contributed by atoms with Gasteiger partial charge in [0.1, 0.15) is 5.15 Å². The van der Waals surface area contributed by atoms with Crippen molar-refractivity contribution in [3.63, 3.8) is 0 Å². The number of carboxylic acid groups (broad SMARTS) is 1. The van der Waals surface area contributed by atoms with Crippen LogP contribution in [0.4, 0.5) is 10.8 Å². The molecule has 0 aliphatic rings. The number of anilines is 2. The second-order valence-corrected chi connectivity index (χ2v) is 4.23. The van der Waals surface area contributed by atoms with Crippen molar-refractivity contribution >= 4 is 39.7 Å². The van der Waals surface area contributed by atoms with Crippen molar-refractivity contribution in [3.8, 4) is 0 Å². The first-order valence-electron chi connectivity index (χ1n) is 4.36. The van der Waals surface area contributed by atoms with Crippen molar-refractivity contribution in [2.24, 2.45) is 0 Å². The van der Waals surface area contributed by atoms with Crippen LogP contribution in [0.3, 0.4) is 0 Å². The molecule has 0 amide bonds. The molecule has 0 aliphatic carbocycles. The standard InChI is InChI=1S/C10H7ClN2O2S/c11-8-5-16-10(13-8)12-7-3-1-2-6(4-7)9(14)15/h1-5H,(H,12,13)(H,14,15). The first-order valence-corrected chi connectivity index (χ1v) is 5.62. The maximum atomic E-state index is 10.7. The summed E-state index contributed by atoms with van der Waals surface area (Å²) < 4.78 is 0. The van der Waals surface area contributed by atoms with E-state index in [1.165, 1.54) is 23.5 Å². The Hall–Kier alpha value is -1.59. The molecule has 2 rings (SSSR count). The Labute approximate surface area is 101 Å². The molecule has 6 heteroatoms. The Balaban J connectivity index is 2.21. The molecule has 1 heterocycles. The lowest BCUT2D eigenvalue weighted by atomic mass is 10.2. The smallest absolute Gasteiger partial charge is 0.335 e. The molecule has 2 aromatic rings. The molecule has 16 heavy (non-hydrogen) atoms. The maximum Gasteiger partial charge on any atom is 0.335 e. The fourth-order valence-electron chi connectivity index (χ4n) is 1.17. The Morgan fingerprint density at radius 1 is 1.50 bits per heavy atom. The molecular weight excluding hydrogens is 248 g/mol. The van der Waals surface area contributed by atoms with Crippen molar-refractivity contribution in [3.05, 3.63) is 40.4 Å². The lowest BCUT2D eigenvalue weighted by Gasteiger charge is -2.02. The van der Waals surface area contributed by atoms with Crippen LogP contribution in [0.1, 0.15) is 10.4 Å². The van der Waals surface area contributed by atoms with Gasteiger partial charge in [0.2, 0.25) is 0 Å². The van der Waals surface area contributed by atoms with E-state index < -0.39 is 5.97 Å². The van der Waals surface area contributed by atoms with E-state index in [1.807, 2.05) is 0 Å². The maximum absolute atomic E-state index is 10.7. The van der Waals surface area contributed by atoms with Gasteiger partial charge in [0.15, 0.2) is 5.13 Å². The van der Waals surface area contributed by atoms with Gasteiger partial charge in [0, 0.05) is 11.1 Å². The zero-order valence-electron chi connectivity index (χ0n) is 7.98. The first kappa shape index (κ1) is 10.9. The van der Waals surface area contributed by atoms with Crippen molar-refractivity contribution in [1.82, 2.24) is 4.98 Å². The van der Waals surface area contributed by atoms with Crippen molar-refractivity contribution in [1.29, 1.82) is 0 Å². The highest BCUT2D eigenvalue weighted by molar-refractivity contribution is 7.14. The van der Waals surface area contributed by atoms with Crippen LogP contribution in [0.25, 0.3) is 0 Å². The lowest BCUT2D eigenvalue weighted by Crippen LogP contribution is -1.97. The second kappa shape index (κ2) is 4.51. The van der Waals surface area contributed by atoms with E-state index in [1.54, 1.807) is 17.5 Å². The molecule has 82 valence electrons. The van der Waals surface area contributed by atoms with Gasteiger partial charge in [-0.2, -0.15) is 0 Å². The lowest BCUT2D eigenvalue weighted by molar-refractivity contribution is 0.0697. The molecule has 1 aromatic carbocycles. The molecule has 4 nitrogen and oxygen atoms in total. The molecule has 0 fully saturated rings. The number of benzene rings is 1. The Morgan fingerprint density at radius 2 is 2.31 bits per heavy atom. The van der Waals surface area contributed by atoms with Gasteiger partial charge in [-0.3, -0.25) is 0 Å². The van der Waals surface area contributed by atoms with Gasteiger partial charge in [0.05, 0.1) is 5.56 Å². The van der Waals surface area contributed by atoms with Gasteiger partial charge in [0.25, 0.3) is 0 Å². The quantitative estimate of drug-likeness (QED) is 0.883. The van der Waals surface area contributed by atoms with Gasteiger partial charge in [-0.15, -0.1) is 11.3 Å². The summed E-state index contributed by atoms with van der Waals surface area (Å²) in [6.45, 7) is 0. The summed E-state index contributed by atoms with van der Waals surface area (Å²) in [6, 6.07) is 6.50. The molecule has 0 saturated heterocycles. The normalized spacial score (nSPS) is 10.1. The number of carbonyl (C=O) groups is 1. The molecule has 0 aliphatic heterocycles. The summed E-state index contributed by atoms with van der Waals surface area (Å²) in [5.41, 5.74) is 0.901. The van der Waals surface area contributed by atoms with Gasteiger partial charge >= 0.3 is 5.97 Å². The fraction of sp³-hybridized carbons (Fsp3) is 0. The summed E-state index contributed by atoms with van der Waals surface area (Å²) in [5.74, 6) is -0.958. The monoisotopic (exact) mass is 254 g/mol. The van der Waals surface area contributed by atoms with Crippen LogP contribution < -0.4 is 5.32 Å². The largest absolute Gasteiger partial charge is 0.478 e. The zero-order valence-corrected chi connectivity index (χ0v) is 9.55. The predicted molar refractivity (Wildman–Crippen MR) is 63.8 cm³/mol. The number of hydrogen-bond acceptors (Lipinski definition) is 4. The third kappa shape index (κ3) is 2.50. The SMILES string of the molecule is O=C(O)c1cccc(Nc2nc(Cl)cs2)c1. The van der Waals surface area contributed by atoms with E-state index in [0.717, 1.165) is 0 Å². The molecule has 2 N–H and O–H groups in total. The predicted octanol–water partition coefficient (Wildman–Crippen LogP) is 3.24. The third-order valence-corrected chi connectivity index (χ3v) is 2.92. The number of thiazole rings is 1. The van der Waals surface area contributed by atoms with E-state index >= 15 is 0 Å². The van der Waals surface area contributed by atoms with E-state index in [2.05, 4.69) is 10.3 Å². The van der Waals surface area contributed by atoms with E-state index in [4.69, 9.17) is 16.7 Å². The summed E-state index contributed by atoms with van der Waals surface area (Å²) in [5, 5.41) is 14.5. The van der Waals surface area contributed by atoms with Gasteiger partial charge in [-0.05, 0) is 18.2 Å². The topological polar surface area (TPSA) is 62.2 Å². The highest BCUT2D eigenvalue weighted by atomic mass is 35.5. The van der Waals surface area contributed by atoms with Crippen LogP contribution in [0, 0.1) is 0 Å². The average molecular weight is 255 g/mol. The molecule has 0 saturated carbocycles. The summed E-state index contributed by atoms with van der Waals surface area (Å²) in [6.07, 6.45) is 0. The van der Waals surface area contributed by atoms with Crippen LogP contribution >= 0.6 is 22.9 Å². The number of carboxylic acids is 1. The Bertz CT molecular complexity index is 527. The zero-order chi connectivity index (χ0) is 11.5. The van der Waals surface area contributed by atoms with Crippen LogP contribution in [0.15, 0.2) is 29.6 Å². The number of halogens is 1. The van der Waals surface area contributed by atoms with E-state index in [9.17, 15) is 4.79 Å². The van der Waals surface area contributed by atoms with E-state index in [0.29, 0.717) is 16.0 Å². The van der Waals surface area contributed by atoms with Crippen molar-refractivity contribution in [2.45, 2.75) is 0 Å². The minimum Gasteiger partial charge on any atom is -0.478 e. The fourth-order valence-corrected chi connectivity index (χ4v) is 2.02. The van der Waals surface area contributed by atoms with Gasteiger partial charge < -0.3 is 10.4 Å². The number of hydrogen-bond donors (Lipinski definition) is 2. The Kier molecular flexibility index (Phi) is 3.07. The molecule has 0 spiro atoms. The summed E-state index contributed by atoms with van der Waals surface area (Å²) in [4.78, 5) is 14.8. The number of rotatable bonds is 3. The minimum absolute atomic E-state index is 0.229. The van der Waals surface area contributed by atoms with E-state index in [-0.39, 0.29) is 5.56 Å². The highest BCUT2D eigenvalue weighted by Crippen LogP contribution is 2.23. The number of aromatic nitrogens is 1. The van der Waals surface area contributed by atoms with Crippen LogP contribution in [0.5, 0.6) is 0 Å². The number of aromatic carboxylic acids is 1. The van der Waals surface area contributed by atoms with Crippen LogP contribution in [-0.2, 0) is 0 Å². The highest BCUT2D eigenvalue weighted by Gasteiger charge is 2.04. The Morgan fingerprint density at radius 3 is 2.94 bits per heavy atom. The number of nitrogens with zero attached hydrogens (tertiary/aromatic N) is 1. The minimum atomic E-state index is -0.958.